The maximum absolute atomic E-state index is 13.2. The molecule has 1 N–H and O–H groups in total. The first-order chi connectivity index (χ1) is 12.3. The molecule has 1 aliphatic heterocycles. The van der Waals surface area contributed by atoms with Gasteiger partial charge in [0.05, 0.1) is 5.69 Å². The minimum Gasteiger partial charge on any atom is -0.395 e. The lowest BCUT2D eigenvalue weighted by atomic mass is 10.2. The average Bonchev–Trinajstić information content (AvgIpc) is 3.09. The van der Waals surface area contributed by atoms with Crippen molar-refractivity contribution in [3.8, 4) is 17.2 Å². The molecule has 1 aromatic heterocycles. The molecule has 26 heavy (non-hydrogen) atoms. The van der Waals surface area contributed by atoms with Crippen LogP contribution in [0.25, 0.3) is 5.69 Å². The molecular formula is C17H19F2N3O3S. The molecule has 0 atom stereocenters. The Hall–Kier alpha value is -2.42. The summed E-state index contributed by atoms with van der Waals surface area (Å²) in [7, 11) is 0. The molecule has 3 rings (SSSR count). The second-order valence-corrected chi connectivity index (χ2v) is 7.08. The van der Waals surface area contributed by atoms with Gasteiger partial charge in [-0.2, -0.15) is 4.99 Å². The van der Waals surface area contributed by atoms with E-state index in [9.17, 15) is 13.6 Å². The number of rotatable bonds is 4. The number of carbonyl (C=O) groups excluding carboxylic acids is 1. The first-order valence-electron chi connectivity index (χ1n) is 8.26. The summed E-state index contributed by atoms with van der Waals surface area (Å²) in [5.74, 6) is -0.0902. The van der Waals surface area contributed by atoms with Gasteiger partial charge in [-0.1, -0.05) is 13.8 Å². The van der Waals surface area contributed by atoms with Gasteiger partial charge in [0.25, 0.3) is 0 Å². The van der Waals surface area contributed by atoms with Crippen LogP contribution in [0, 0.1) is 6.92 Å². The smallest absolute Gasteiger partial charge is 0.395 e. The highest BCUT2D eigenvalue weighted by atomic mass is 32.1. The van der Waals surface area contributed by atoms with Crippen LogP contribution in [0.1, 0.15) is 31.6 Å². The summed E-state index contributed by atoms with van der Waals surface area (Å²) in [5, 5.41) is 2.85. The third kappa shape index (κ3) is 3.87. The van der Waals surface area contributed by atoms with Gasteiger partial charge in [-0.15, -0.1) is 20.1 Å². The molecule has 0 radical (unpaired) electrons. The highest BCUT2D eigenvalue weighted by Crippen LogP contribution is 2.41. The summed E-state index contributed by atoms with van der Waals surface area (Å²) in [5.41, 5.74) is 0.545. The van der Waals surface area contributed by atoms with Crippen LogP contribution in [0.4, 0.5) is 13.6 Å². The predicted octanol–water partition coefficient (Wildman–Crippen LogP) is 3.97. The fraction of sp³-hybridized carbons (Fsp3) is 0.412. The van der Waals surface area contributed by atoms with Gasteiger partial charge in [0, 0.05) is 23.2 Å². The van der Waals surface area contributed by atoms with Crippen molar-refractivity contribution in [1.82, 2.24) is 9.88 Å². The number of alkyl halides is 2. The van der Waals surface area contributed by atoms with Crippen LogP contribution in [0.3, 0.4) is 0 Å². The molecule has 2 heterocycles. The van der Waals surface area contributed by atoms with E-state index < -0.39 is 12.3 Å². The van der Waals surface area contributed by atoms with Crippen molar-refractivity contribution in [3.63, 3.8) is 0 Å². The number of benzene rings is 1. The predicted molar refractivity (Wildman–Crippen MR) is 93.1 cm³/mol. The number of urea groups is 1. The van der Waals surface area contributed by atoms with Crippen molar-refractivity contribution in [2.75, 3.05) is 0 Å². The van der Waals surface area contributed by atoms with Crippen molar-refractivity contribution >= 4 is 17.4 Å². The Balaban J connectivity index is 1.94. The second kappa shape index (κ2) is 7.06. The number of hydrogen-bond acceptors (Lipinski definition) is 4. The lowest BCUT2D eigenvalue weighted by molar-refractivity contribution is -0.286. The lowest BCUT2D eigenvalue weighted by Gasteiger charge is -2.11. The highest BCUT2D eigenvalue weighted by molar-refractivity contribution is 7.09. The van der Waals surface area contributed by atoms with E-state index in [1.54, 1.807) is 16.8 Å². The normalized spacial score (nSPS) is 15.5. The number of halogens is 2. The van der Waals surface area contributed by atoms with E-state index in [-0.39, 0.29) is 17.5 Å². The SMILES string of the molecule is CCC(CC)NC(=O)N=c1sc(C)cn1-c1ccc2c(c1)OC(F)(F)O2. The first-order valence-corrected chi connectivity index (χ1v) is 9.07. The highest BCUT2D eigenvalue weighted by Gasteiger charge is 2.43. The van der Waals surface area contributed by atoms with Crippen molar-refractivity contribution in [3.05, 3.63) is 34.1 Å². The quantitative estimate of drug-likeness (QED) is 0.869. The van der Waals surface area contributed by atoms with Crippen molar-refractivity contribution in [2.24, 2.45) is 4.99 Å². The average molecular weight is 383 g/mol. The van der Waals surface area contributed by atoms with Crippen LogP contribution in [-0.2, 0) is 0 Å². The number of carbonyl (C=O) groups is 1. The Kier molecular flexibility index (Phi) is 4.99. The summed E-state index contributed by atoms with van der Waals surface area (Å²) in [6.07, 6.45) is -0.253. The number of aromatic nitrogens is 1. The van der Waals surface area contributed by atoms with Gasteiger partial charge in [-0.25, -0.2) is 4.79 Å². The van der Waals surface area contributed by atoms with Gasteiger partial charge in [-0.3, -0.25) is 4.57 Å². The van der Waals surface area contributed by atoms with Gasteiger partial charge in [0.15, 0.2) is 16.3 Å². The van der Waals surface area contributed by atoms with Crippen molar-refractivity contribution in [2.45, 2.75) is 45.9 Å². The molecule has 2 aromatic rings. The van der Waals surface area contributed by atoms with Crippen molar-refractivity contribution < 1.29 is 23.0 Å². The summed E-state index contributed by atoms with van der Waals surface area (Å²) in [6, 6.07) is 4.07. The number of nitrogens with one attached hydrogen (secondary N) is 1. The minimum atomic E-state index is -3.67. The van der Waals surface area contributed by atoms with E-state index in [1.807, 2.05) is 20.8 Å². The number of ether oxygens (including phenoxy) is 2. The number of amides is 2. The first kappa shape index (κ1) is 18.4. The van der Waals surface area contributed by atoms with Crippen LogP contribution in [0.15, 0.2) is 29.4 Å². The van der Waals surface area contributed by atoms with Crippen LogP contribution in [0.2, 0.25) is 0 Å². The van der Waals surface area contributed by atoms with Crippen LogP contribution >= 0.6 is 11.3 Å². The zero-order valence-corrected chi connectivity index (χ0v) is 15.4. The Labute approximate surface area is 153 Å². The molecule has 0 unspecified atom stereocenters. The van der Waals surface area contributed by atoms with Gasteiger partial charge >= 0.3 is 12.3 Å². The maximum Gasteiger partial charge on any atom is 0.586 e. The van der Waals surface area contributed by atoms with Crippen LogP contribution in [-0.4, -0.2) is 22.9 Å². The number of nitrogens with zero attached hydrogens (tertiary/aromatic N) is 2. The molecule has 1 aromatic carbocycles. The van der Waals surface area contributed by atoms with Crippen LogP contribution < -0.4 is 19.6 Å². The topological polar surface area (TPSA) is 64.9 Å². The van der Waals surface area contributed by atoms with Gasteiger partial charge in [-0.05, 0) is 31.9 Å². The standard InChI is InChI=1S/C17H19F2N3O3S/c1-4-11(5-2)20-15(23)21-16-22(9-10(3)26-16)12-6-7-13-14(8-12)25-17(18,19)24-13/h6-9,11H,4-5H2,1-3H3,(H,20,23). The molecular weight excluding hydrogens is 364 g/mol. The number of aryl methyl sites for hydroxylation is 1. The molecule has 9 heteroatoms. The van der Waals surface area contributed by atoms with Crippen molar-refractivity contribution in [1.29, 1.82) is 0 Å². The Morgan fingerprint density at radius 2 is 2.00 bits per heavy atom. The van der Waals surface area contributed by atoms with E-state index in [2.05, 4.69) is 19.8 Å². The molecule has 0 saturated carbocycles. The summed E-state index contributed by atoms with van der Waals surface area (Å²) in [4.78, 5) is 17.7. The maximum atomic E-state index is 13.2. The number of hydrogen-bond donors (Lipinski definition) is 1. The van der Waals surface area contributed by atoms with E-state index in [4.69, 9.17) is 0 Å². The molecule has 6 nitrogen and oxygen atoms in total. The minimum absolute atomic E-state index is 0.0312. The monoisotopic (exact) mass is 383 g/mol. The van der Waals surface area contributed by atoms with E-state index in [0.717, 1.165) is 17.7 Å². The Morgan fingerprint density at radius 3 is 2.69 bits per heavy atom. The number of thiazole rings is 1. The number of fused-ring (bicyclic) bond motifs is 1. The third-order valence-electron chi connectivity index (χ3n) is 3.94. The molecule has 140 valence electrons. The molecule has 0 spiro atoms. The largest absolute Gasteiger partial charge is 0.586 e. The fourth-order valence-corrected chi connectivity index (χ4v) is 3.42. The Bertz CT molecular complexity index is 888. The van der Waals surface area contributed by atoms with E-state index in [1.165, 1.54) is 23.5 Å². The van der Waals surface area contributed by atoms with Crippen LogP contribution in [0.5, 0.6) is 11.5 Å². The van der Waals surface area contributed by atoms with E-state index >= 15 is 0 Å². The fourth-order valence-electron chi connectivity index (χ4n) is 2.59. The summed E-state index contributed by atoms with van der Waals surface area (Å²) < 4.78 is 36.9. The zero-order valence-electron chi connectivity index (χ0n) is 14.6. The zero-order chi connectivity index (χ0) is 18.9. The van der Waals surface area contributed by atoms with Gasteiger partial charge < -0.3 is 14.8 Å². The summed E-state index contributed by atoms with van der Waals surface area (Å²) in [6.45, 7) is 5.86. The molecule has 1 aliphatic rings. The van der Waals surface area contributed by atoms with Gasteiger partial charge in [0.1, 0.15) is 0 Å². The summed E-state index contributed by atoms with van der Waals surface area (Å²) >= 11 is 1.33. The third-order valence-corrected chi connectivity index (χ3v) is 4.84. The molecule has 0 saturated heterocycles. The molecule has 0 aliphatic carbocycles. The lowest BCUT2D eigenvalue weighted by Crippen LogP contribution is -2.33. The van der Waals surface area contributed by atoms with E-state index in [0.29, 0.717) is 10.5 Å². The molecule has 2 amide bonds. The Morgan fingerprint density at radius 1 is 1.31 bits per heavy atom. The molecule has 0 fully saturated rings. The van der Waals surface area contributed by atoms with Gasteiger partial charge in [0.2, 0.25) is 0 Å². The second-order valence-electron chi connectivity index (χ2n) is 5.87. The molecule has 0 bridgehead atoms.